The lowest BCUT2D eigenvalue weighted by molar-refractivity contribution is 0.669. The van der Waals surface area contributed by atoms with Crippen LogP contribution in [0.1, 0.15) is 11.3 Å². The van der Waals surface area contributed by atoms with Crippen LogP contribution in [0.3, 0.4) is 0 Å². The fourth-order valence-electron chi connectivity index (χ4n) is 2.59. The van der Waals surface area contributed by atoms with Crippen LogP contribution in [-0.2, 0) is 6.54 Å². The van der Waals surface area contributed by atoms with E-state index in [9.17, 15) is 0 Å². The van der Waals surface area contributed by atoms with Gasteiger partial charge in [0.25, 0.3) is 0 Å². The largest absolute Gasteiger partial charge is 0.456 e. The minimum absolute atomic E-state index is 0.754. The van der Waals surface area contributed by atoms with Gasteiger partial charge in [-0.15, -0.1) is 0 Å². The van der Waals surface area contributed by atoms with E-state index in [1.807, 2.05) is 43.5 Å². The van der Waals surface area contributed by atoms with Crippen molar-refractivity contribution in [3.8, 4) is 0 Å². The van der Waals surface area contributed by atoms with Crippen molar-refractivity contribution in [2.24, 2.45) is 0 Å². The Kier molecular flexibility index (Phi) is 2.67. The number of anilines is 1. The summed E-state index contributed by atoms with van der Waals surface area (Å²) >= 11 is 0. The van der Waals surface area contributed by atoms with Gasteiger partial charge in [-0.05, 0) is 31.2 Å². The van der Waals surface area contributed by atoms with Gasteiger partial charge in [0.15, 0.2) is 0 Å². The summed E-state index contributed by atoms with van der Waals surface area (Å²) < 4.78 is 5.83. The molecular formula is C17H15N3O. The Morgan fingerprint density at radius 3 is 2.81 bits per heavy atom. The van der Waals surface area contributed by atoms with Crippen LogP contribution in [0.25, 0.3) is 21.9 Å². The van der Waals surface area contributed by atoms with Gasteiger partial charge in [0.05, 0.1) is 6.20 Å². The average molecular weight is 277 g/mol. The van der Waals surface area contributed by atoms with E-state index in [2.05, 4.69) is 27.6 Å². The second kappa shape index (κ2) is 4.66. The summed E-state index contributed by atoms with van der Waals surface area (Å²) in [7, 11) is 0. The number of benzene rings is 2. The number of hydrogen-bond acceptors (Lipinski definition) is 3. The van der Waals surface area contributed by atoms with Crippen LogP contribution in [0.2, 0.25) is 0 Å². The lowest BCUT2D eigenvalue weighted by Gasteiger charge is -2.05. The van der Waals surface area contributed by atoms with Crippen molar-refractivity contribution in [1.82, 2.24) is 10.2 Å². The fraction of sp³-hybridized carbons (Fsp3) is 0.118. The molecule has 0 atom stereocenters. The molecule has 0 saturated carbocycles. The lowest BCUT2D eigenvalue weighted by Crippen LogP contribution is -1.99. The lowest BCUT2D eigenvalue weighted by atomic mass is 10.1. The maximum atomic E-state index is 5.83. The van der Waals surface area contributed by atoms with Crippen LogP contribution in [0.5, 0.6) is 0 Å². The molecular weight excluding hydrogens is 262 g/mol. The van der Waals surface area contributed by atoms with E-state index in [-0.39, 0.29) is 0 Å². The number of furan rings is 1. The van der Waals surface area contributed by atoms with Gasteiger partial charge in [-0.2, -0.15) is 5.10 Å². The van der Waals surface area contributed by atoms with Crippen molar-refractivity contribution in [2.45, 2.75) is 13.5 Å². The van der Waals surface area contributed by atoms with Crippen LogP contribution in [-0.4, -0.2) is 10.2 Å². The van der Waals surface area contributed by atoms with Gasteiger partial charge in [-0.1, -0.05) is 18.2 Å². The molecule has 0 bridgehead atoms. The maximum Gasteiger partial charge on any atom is 0.135 e. The highest BCUT2D eigenvalue weighted by Gasteiger charge is 2.07. The van der Waals surface area contributed by atoms with Gasteiger partial charge in [0.2, 0.25) is 0 Å². The number of aromatic nitrogens is 2. The second-order valence-electron chi connectivity index (χ2n) is 5.18. The Balaban J connectivity index is 1.69. The van der Waals surface area contributed by atoms with Crippen LogP contribution >= 0.6 is 0 Å². The molecule has 4 nitrogen and oxygen atoms in total. The van der Waals surface area contributed by atoms with Crippen molar-refractivity contribution in [3.63, 3.8) is 0 Å². The van der Waals surface area contributed by atoms with E-state index in [4.69, 9.17) is 4.42 Å². The highest BCUT2D eigenvalue weighted by atomic mass is 16.3. The molecule has 2 N–H and O–H groups in total. The molecule has 21 heavy (non-hydrogen) atoms. The summed E-state index contributed by atoms with van der Waals surface area (Å²) in [6, 6.07) is 14.3. The van der Waals surface area contributed by atoms with E-state index >= 15 is 0 Å². The minimum Gasteiger partial charge on any atom is -0.456 e. The zero-order valence-corrected chi connectivity index (χ0v) is 11.7. The molecule has 0 saturated heterocycles. The standard InChI is InChI=1S/C17H15N3O/c1-11-12(10-19-20-11)9-18-13-6-7-17-15(8-13)14-4-2-3-5-16(14)21-17/h2-8,10,18H,9H2,1H3,(H,19,20). The Labute approximate surface area is 121 Å². The Bertz CT molecular complexity index is 920. The fourth-order valence-corrected chi connectivity index (χ4v) is 2.59. The van der Waals surface area contributed by atoms with Crippen molar-refractivity contribution in [1.29, 1.82) is 0 Å². The number of fused-ring (bicyclic) bond motifs is 3. The molecule has 0 unspecified atom stereocenters. The van der Waals surface area contributed by atoms with Crippen LogP contribution in [0, 0.1) is 6.92 Å². The van der Waals surface area contributed by atoms with E-state index < -0.39 is 0 Å². The van der Waals surface area contributed by atoms with Crippen molar-refractivity contribution in [2.75, 3.05) is 5.32 Å². The quantitative estimate of drug-likeness (QED) is 0.589. The van der Waals surface area contributed by atoms with E-state index in [1.54, 1.807) is 0 Å². The molecule has 0 spiro atoms. The van der Waals surface area contributed by atoms with Crippen LogP contribution in [0.15, 0.2) is 53.1 Å². The summed E-state index contributed by atoms with van der Waals surface area (Å²) in [5.74, 6) is 0. The number of nitrogens with zero attached hydrogens (tertiary/aromatic N) is 1. The Hall–Kier alpha value is -2.75. The van der Waals surface area contributed by atoms with E-state index in [1.165, 1.54) is 5.56 Å². The molecule has 2 aromatic heterocycles. The molecule has 2 heterocycles. The SMILES string of the molecule is Cc1[nH]ncc1CNc1ccc2oc3ccccc3c2c1. The Morgan fingerprint density at radius 2 is 1.95 bits per heavy atom. The number of para-hydroxylation sites is 1. The van der Waals surface area contributed by atoms with Gasteiger partial charge in [0.1, 0.15) is 11.2 Å². The monoisotopic (exact) mass is 277 g/mol. The number of aryl methyl sites for hydroxylation is 1. The third-order valence-electron chi connectivity index (χ3n) is 3.79. The molecule has 4 aromatic rings. The third kappa shape index (κ3) is 2.05. The minimum atomic E-state index is 0.754. The van der Waals surface area contributed by atoms with E-state index in [0.717, 1.165) is 39.9 Å². The molecule has 0 aliphatic heterocycles. The highest BCUT2D eigenvalue weighted by molar-refractivity contribution is 6.05. The number of nitrogens with one attached hydrogen (secondary N) is 2. The van der Waals surface area contributed by atoms with Gasteiger partial charge in [0, 0.05) is 34.3 Å². The summed E-state index contributed by atoms with van der Waals surface area (Å²) in [5, 5.41) is 12.7. The predicted molar refractivity (Wildman–Crippen MR) is 84.4 cm³/mol. The summed E-state index contributed by atoms with van der Waals surface area (Å²) in [6.45, 7) is 2.78. The van der Waals surface area contributed by atoms with Crippen LogP contribution in [0.4, 0.5) is 5.69 Å². The first-order chi connectivity index (χ1) is 10.3. The number of H-pyrrole nitrogens is 1. The molecule has 4 heteroatoms. The summed E-state index contributed by atoms with van der Waals surface area (Å²) in [4.78, 5) is 0. The Morgan fingerprint density at radius 1 is 1.10 bits per heavy atom. The van der Waals surface area contributed by atoms with Gasteiger partial charge < -0.3 is 9.73 Å². The molecule has 0 amide bonds. The summed E-state index contributed by atoms with van der Waals surface area (Å²) in [5.41, 5.74) is 5.19. The third-order valence-corrected chi connectivity index (χ3v) is 3.79. The van der Waals surface area contributed by atoms with Gasteiger partial charge >= 0.3 is 0 Å². The highest BCUT2D eigenvalue weighted by Crippen LogP contribution is 2.30. The first kappa shape index (κ1) is 12.0. The molecule has 4 rings (SSSR count). The van der Waals surface area contributed by atoms with Crippen molar-refractivity contribution in [3.05, 3.63) is 59.9 Å². The summed E-state index contributed by atoms with van der Waals surface area (Å²) in [6.07, 6.45) is 1.86. The number of aromatic amines is 1. The predicted octanol–water partition coefficient (Wildman–Crippen LogP) is 4.23. The molecule has 0 aliphatic carbocycles. The van der Waals surface area contributed by atoms with E-state index in [0.29, 0.717) is 0 Å². The second-order valence-corrected chi connectivity index (χ2v) is 5.18. The molecule has 0 fully saturated rings. The molecule has 104 valence electrons. The van der Waals surface area contributed by atoms with Gasteiger partial charge in [-0.25, -0.2) is 0 Å². The van der Waals surface area contributed by atoms with Crippen LogP contribution < -0.4 is 5.32 Å². The first-order valence-corrected chi connectivity index (χ1v) is 6.95. The zero-order chi connectivity index (χ0) is 14.2. The topological polar surface area (TPSA) is 53.9 Å². The number of hydrogen-bond donors (Lipinski definition) is 2. The maximum absolute atomic E-state index is 5.83. The van der Waals surface area contributed by atoms with Crippen molar-refractivity contribution < 1.29 is 4.42 Å². The van der Waals surface area contributed by atoms with Crippen molar-refractivity contribution >= 4 is 27.6 Å². The first-order valence-electron chi connectivity index (χ1n) is 6.95. The molecule has 0 aliphatic rings. The zero-order valence-electron chi connectivity index (χ0n) is 11.7. The molecule has 2 aromatic carbocycles. The molecule has 0 radical (unpaired) electrons. The smallest absolute Gasteiger partial charge is 0.135 e. The average Bonchev–Trinajstić information content (AvgIpc) is 3.08. The number of rotatable bonds is 3. The van der Waals surface area contributed by atoms with Gasteiger partial charge in [-0.3, -0.25) is 5.10 Å². The normalized spacial score (nSPS) is 11.3.